The zero-order valence-electron chi connectivity index (χ0n) is 20.9. The second-order valence-electron chi connectivity index (χ2n) is 10.1. The Balaban J connectivity index is 1.48. The highest BCUT2D eigenvalue weighted by atomic mass is 32.2. The minimum Gasteiger partial charge on any atom is -0.376 e. The minimum absolute atomic E-state index is 0.172. The molecule has 0 radical (unpaired) electrons. The molecule has 0 unspecified atom stereocenters. The van der Waals surface area contributed by atoms with Crippen LogP contribution in [0.25, 0.3) is 11.0 Å². The number of aromatic nitrogens is 2. The Bertz CT molecular complexity index is 1310. The fourth-order valence-electron chi connectivity index (χ4n) is 5.14. The van der Waals surface area contributed by atoms with Crippen LogP contribution in [0.4, 0.5) is 0 Å². The first-order valence-electron chi connectivity index (χ1n) is 12.6. The van der Waals surface area contributed by atoms with Gasteiger partial charge in [0.1, 0.15) is 0 Å². The Hall–Kier alpha value is -1.87. The van der Waals surface area contributed by atoms with E-state index >= 15 is 0 Å². The van der Waals surface area contributed by atoms with Crippen LogP contribution in [0.15, 0.2) is 46.5 Å². The van der Waals surface area contributed by atoms with E-state index in [0.29, 0.717) is 23.9 Å². The van der Waals surface area contributed by atoms with Crippen molar-refractivity contribution in [2.24, 2.45) is 5.92 Å². The summed E-state index contributed by atoms with van der Waals surface area (Å²) in [5.41, 5.74) is 5.52. The van der Waals surface area contributed by atoms with Gasteiger partial charge in [-0.3, -0.25) is 0 Å². The molecule has 35 heavy (non-hydrogen) atoms. The molecule has 2 atom stereocenters. The number of piperidine rings is 1. The van der Waals surface area contributed by atoms with Crippen LogP contribution in [-0.4, -0.2) is 48.1 Å². The third-order valence-electron chi connectivity index (χ3n) is 7.21. The molecule has 0 aliphatic carbocycles. The number of aryl methyl sites for hydroxylation is 2. The Morgan fingerprint density at radius 3 is 2.74 bits per heavy atom. The Labute approximate surface area is 213 Å². The summed E-state index contributed by atoms with van der Waals surface area (Å²) in [6.07, 6.45) is 4.29. The molecule has 2 fully saturated rings. The minimum atomic E-state index is -3.53. The van der Waals surface area contributed by atoms with E-state index in [4.69, 9.17) is 9.72 Å². The van der Waals surface area contributed by atoms with Crippen molar-refractivity contribution < 1.29 is 13.2 Å². The summed E-state index contributed by atoms with van der Waals surface area (Å²) in [6.45, 7) is 9.10. The molecule has 5 rings (SSSR count). The van der Waals surface area contributed by atoms with Crippen LogP contribution < -0.4 is 0 Å². The predicted octanol–water partition coefficient (Wildman–Crippen LogP) is 5.55. The second-order valence-corrected chi connectivity index (χ2v) is 13.0. The fourth-order valence-corrected chi connectivity index (χ4v) is 7.84. The topological polar surface area (TPSA) is 64.4 Å². The Morgan fingerprint density at radius 1 is 1.11 bits per heavy atom. The standard InChI is InChI=1S/C27H35N3O3S2/c1-19-8-9-21(3)22(14-19)18-34-27-28-25-15-24(35(31,32)29-12-4-6-20(2)16-29)10-11-26(25)30(27)17-23-7-5-13-33-23/h8-11,14-15,20,23H,4-7,12-13,16-18H2,1-3H3/t20-,23-/m1/s1. The third-order valence-corrected chi connectivity index (χ3v) is 10.1. The van der Waals surface area contributed by atoms with E-state index in [1.807, 2.05) is 6.07 Å². The van der Waals surface area contributed by atoms with Gasteiger partial charge in [-0.15, -0.1) is 0 Å². The van der Waals surface area contributed by atoms with E-state index in [0.717, 1.165) is 60.8 Å². The van der Waals surface area contributed by atoms with E-state index in [9.17, 15) is 8.42 Å². The molecule has 3 aromatic rings. The number of thioether (sulfide) groups is 1. The van der Waals surface area contributed by atoms with Crippen LogP contribution in [0.1, 0.15) is 49.3 Å². The van der Waals surface area contributed by atoms with E-state index in [1.165, 1.54) is 16.7 Å². The average molecular weight is 514 g/mol. The van der Waals surface area contributed by atoms with Crippen molar-refractivity contribution in [1.82, 2.24) is 13.9 Å². The number of fused-ring (bicyclic) bond motifs is 1. The van der Waals surface area contributed by atoms with Gasteiger partial charge in [0.15, 0.2) is 5.16 Å². The highest BCUT2D eigenvalue weighted by Crippen LogP contribution is 2.32. The number of rotatable bonds is 7. The second kappa shape index (κ2) is 10.2. The maximum Gasteiger partial charge on any atom is 0.243 e. The van der Waals surface area contributed by atoms with Crippen molar-refractivity contribution in [3.05, 3.63) is 53.1 Å². The Morgan fingerprint density at radius 2 is 1.97 bits per heavy atom. The van der Waals surface area contributed by atoms with Crippen LogP contribution >= 0.6 is 11.8 Å². The molecule has 2 saturated heterocycles. The van der Waals surface area contributed by atoms with Gasteiger partial charge in [0.2, 0.25) is 10.0 Å². The zero-order chi connectivity index (χ0) is 24.6. The largest absolute Gasteiger partial charge is 0.376 e. The normalized spacial score (nSPS) is 21.7. The van der Waals surface area contributed by atoms with Gasteiger partial charge in [0, 0.05) is 25.4 Å². The zero-order valence-corrected chi connectivity index (χ0v) is 22.5. The van der Waals surface area contributed by atoms with Gasteiger partial charge in [-0.1, -0.05) is 42.4 Å². The first-order valence-corrected chi connectivity index (χ1v) is 15.0. The molecule has 0 bridgehead atoms. The summed E-state index contributed by atoms with van der Waals surface area (Å²) in [7, 11) is -3.53. The van der Waals surface area contributed by atoms with E-state index in [-0.39, 0.29) is 6.10 Å². The van der Waals surface area contributed by atoms with Crippen LogP contribution in [0, 0.1) is 19.8 Å². The maximum absolute atomic E-state index is 13.4. The van der Waals surface area contributed by atoms with Gasteiger partial charge < -0.3 is 9.30 Å². The third kappa shape index (κ3) is 5.31. The first kappa shape index (κ1) is 24.8. The number of hydrogen-bond donors (Lipinski definition) is 0. The van der Waals surface area contributed by atoms with Crippen LogP contribution in [0.5, 0.6) is 0 Å². The number of benzene rings is 2. The molecular formula is C27H35N3O3S2. The van der Waals surface area contributed by atoms with Gasteiger partial charge in [-0.05, 0) is 74.8 Å². The molecular weight excluding hydrogens is 478 g/mol. The van der Waals surface area contributed by atoms with Crippen LogP contribution in [-0.2, 0) is 27.1 Å². The number of ether oxygens (including phenoxy) is 1. The fraction of sp³-hybridized carbons (Fsp3) is 0.519. The van der Waals surface area contributed by atoms with E-state index < -0.39 is 10.0 Å². The van der Waals surface area contributed by atoms with Crippen molar-refractivity contribution in [3.63, 3.8) is 0 Å². The van der Waals surface area contributed by atoms with Gasteiger partial charge >= 0.3 is 0 Å². The summed E-state index contributed by atoms with van der Waals surface area (Å²) < 4.78 is 36.6. The summed E-state index contributed by atoms with van der Waals surface area (Å²) in [5.74, 6) is 1.21. The van der Waals surface area contributed by atoms with Gasteiger partial charge in [-0.2, -0.15) is 4.31 Å². The molecule has 2 aliphatic heterocycles. The summed E-state index contributed by atoms with van der Waals surface area (Å²) in [5, 5.41) is 0.914. The van der Waals surface area contributed by atoms with Crippen molar-refractivity contribution in [2.45, 2.75) is 74.9 Å². The molecule has 6 nitrogen and oxygen atoms in total. The molecule has 188 valence electrons. The summed E-state index contributed by atoms with van der Waals surface area (Å²) >= 11 is 1.71. The molecule has 0 N–H and O–H groups in total. The van der Waals surface area contributed by atoms with Crippen LogP contribution in [0.3, 0.4) is 0 Å². The maximum atomic E-state index is 13.4. The lowest BCUT2D eigenvalue weighted by atomic mass is 10.0. The van der Waals surface area contributed by atoms with Gasteiger partial charge in [0.25, 0.3) is 0 Å². The lowest BCUT2D eigenvalue weighted by Crippen LogP contribution is -2.39. The summed E-state index contributed by atoms with van der Waals surface area (Å²) in [4.78, 5) is 5.28. The molecule has 2 aromatic carbocycles. The molecule has 8 heteroatoms. The average Bonchev–Trinajstić information content (AvgIpc) is 3.47. The number of hydrogen-bond acceptors (Lipinski definition) is 5. The molecule has 3 heterocycles. The van der Waals surface area contributed by atoms with Gasteiger partial charge in [0.05, 0.1) is 28.6 Å². The van der Waals surface area contributed by atoms with Gasteiger partial charge in [-0.25, -0.2) is 13.4 Å². The molecule has 0 saturated carbocycles. The lowest BCUT2D eigenvalue weighted by molar-refractivity contribution is 0.0960. The SMILES string of the molecule is Cc1ccc(C)c(CSc2nc3cc(S(=O)(=O)N4CCC[C@@H](C)C4)ccc3n2C[C@H]2CCCO2)c1. The lowest BCUT2D eigenvalue weighted by Gasteiger charge is -2.30. The monoisotopic (exact) mass is 513 g/mol. The molecule has 0 spiro atoms. The molecule has 1 aromatic heterocycles. The Kier molecular flexibility index (Phi) is 7.26. The van der Waals surface area contributed by atoms with Crippen molar-refractivity contribution in [3.8, 4) is 0 Å². The van der Waals surface area contributed by atoms with E-state index in [2.05, 4.69) is 43.5 Å². The number of imidazole rings is 1. The smallest absolute Gasteiger partial charge is 0.243 e. The quantitative estimate of drug-likeness (QED) is 0.388. The molecule has 2 aliphatic rings. The number of sulfonamides is 1. The van der Waals surface area contributed by atoms with E-state index in [1.54, 1.807) is 28.2 Å². The highest BCUT2D eigenvalue weighted by molar-refractivity contribution is 7.98. The highest BCUT2D eigenvalue weighted by Gasteiger charge is 2.29. The van der Waals surface area contributed by atoms with Crippen molar-refractivity contribution >= 4 is 32.8 Å². The number of nitrogens with zero attached hydrogens (tertiary/aromatic N) is 3. The summed E-state index contributed by atoms with van der Waals surface area (Å²) in [6, 6.07) is 12.0. The van der Waals surface area contributed by atoms with Crippen LogP contribution in [0.2, 0.25) is 0 Å². The first-order chi connectivity index (χ1) is 16.8. The molecule has 0 amide bonds. The van der Waals surface area contributed by atoms with Crippen molar-refractivity contribution in [1.29, 1.82) is 0 Å². The van der Waals surface area contributed by atoms with Crippen molar-refractivity contribution in [2.75, 3.05) is 19.7 Å². The predicted molar refractivity (Wildman–Crippen MR) is 141 cm³/mol.